The van der Waals surface area contributed by atoms with Gasteiger partial charge in [-0.15, -0.1) is 0 Å². The SMILES string of the molecule is CCNC(=O)[C@@H](CC)N(Cc1ccc(OC)cc1)C(=O)CN(c1cccc(Cl)c1)S(=O)(=O)c1ccc(Cl)cc1. The monoisotopic (exact) mass is 591 g/mol. The molecule has 1 atom stereocenters. The first-order valence-corrected chi connectivity index (χ1v) is 14.5. The third kappa shape index (κ3) is 7.65. The first kappa shape index (κ1) is 30.3. The maximum absolute atomic E-state index is 13.9. The number of halogens is 2. The number of nitrogens with zero attached hydrogens (tertiary/aromatic N) is 2. The Morgan fingerprint density at radius 3 is 2.18 bits per heavy atom. The number of methoxy groups -OCH3 is 1. The van der Waals surface area contributed by atoms with Gasteiger partial charge in [-0.2, -0.15) is 0 Å². The predicted octanol–water partition coefficient (Wildman–Crippen LogP) is 5.14. The van der Waals surface area contributed by atoms with Gasteiger partial charge in [0.1, 0.15) is 18.3 Å². The molecule has 1 N–H and O–H groups in total. The number of anilines is 1. The normalized spacial score (nSPS) is 11.9. The van der Waals surface area contributed by atoms with Crippen LogP contribution in [-0.4, -0.2) is 51.4 Å². The van der Waals surface area contributed by atoms with E-state index in [4.69, 9.17) is 27.9 Å². The summed E-state index contributed by atoms with van der Waals surface area (Å²) in [7, 11) is -2.66. The van der Waals surface area contributed by atoms with Crippen molar-refractivity contribution in [2.24, 2.45) is 0 Å². The fourth-order valence-corrected chi connectivity index (χ4v) is 5.75. The maximum Gasteiger partial charge on any atom is 0.264 e. The standard InChI is InChI=1S/C28H31Cl2N3O5S/c1-4-26(28(35)31-5-2)32(18-20-9-13-24(38-3)14-10-20)27(34)19-33(23-8-6-7-22(30)17-23)39(36,37)25-15-11-21(29)12-16-25/h6-17,26H,4-5,18-19H2,1-3H3,(H,31,35)/t26-/m1/s1. The minimum Gasteiger partial charge on any atom is -0.497 e. The lowest BCUT2D eigenvalue weighted by molar-refractivity contribution is -0.140. The van der Waals surface area contributed by atoms with E-state index in [0.29, 0.717) is 28.8 Å². The Bertz CT molecular complexity index is 1380. The van der Waals surface area contributed by atoms with E-state index in [9.17, 15) is 18.0 Å². The van der Waals surface area contributed by atoms with Gasteiger partial charge in [0.25, 0.3) is 10.0 Å². The van der Waals surface area contributed by atoms with Crippen LogP contribution in [0.25, 0.3) is 0 Å². The van der Waals surface area contributed by atoms with Crippen molar-refractivity contribution < 1.29 is 22.7 Å². The smallest absolute Gasteiger partial charge is 0.264 e. The number of hydrogen-bond acceptors (Lipinski definition) is 5. The molecule has 11 heteroatoms. The summed E-state index contributed by atoms with van der Waals surface area (Å²) in [5.41, 5.74) is 0.961. The second-order valence-corrected chi connectivity index (χ2v) is 11.4. The summed E-state index contributed by atoms with van der Waals surface area (Å²) in [5, 5.41) is 3.45. The molecule has 0 aliphatic rings. The van der Waals surface area contributed by atoms with Gasteiger partial charge in [-0.3, -0.25) is 13.9 Å². The quantitative estimate of drug-likeness (QED) is 0.314. The Balaban J connectivity index is 2.05. The van der Waals surface area contributed by atoms with E-state index in [1.54, 1.807) is 63.4 Å². The zero-order valence-electron chi connectivity index (χ0n) is 21.9. The Labute approximate surface area is 239 Å². The van der Waals surface area contributed by atoms with Crippen LogP contribution in [0.5, 0.6) is 5.75 Å². The van der Waals surface area contributed by atoms with E-state index in [1.807, 2.05) is 0 Å². The minimum atomic E-state index is -4.21. The topological polar surface area (TPSA) is 96.0 Å². The molecule has 0 radical (unpaired) electrons. The molecule has 8 nitrogen and oxygen atoms in total. The number of rotatable bonds is 12. The van der Waals surface area contributed by atoms with Gasteiger partial charge in [0.2, 0.25) is 11.8 Å². The van der Waals surface area contributed by atoms with Gasteiger partial charge in [0, 0.05) is 23.1 Å². The number of carbonyl (C=O) groups is 2. The fourth-order valence-electron chi connectivity index (χ4n) is 4.03. The molecule has 0 spiro atoms. The first-order chi connectivity index (χ1) is 18.6. The van der Waals surface area contributed by atoms with Gasteiger partial charge < -0.3 is 15.0 Å². The van der Waals surface area contributed by atoms with Crippen LogP contribution in [0.3, 0.4) is 0 Å². The summed E-state index contributed by atoms with van der Waals surface area (Å²) in [6.07, 6.45) is 0.328. The van der Waals surface area contributed by atoms with Crippen LogP contribution in [0.4, 0.5) is 5.69 Å². The van der Waals surface area contributed by atoms with Gasteiger partial charge in [0.05, 0.1) is 17.7 Å². The molecule has 0 bridgehead atoms. The van der Waals surface area contributed by atoms with Crippen LogP contribution in [-0.2, 0) is 26.2 Å². The molecule has 0 saturated carbocycles. The number of likely N-dealkylation sites (N-methyl/N-ethyl adjacent to an activating group) is 1. The summed E-state index contributed by atoms with van der Waals surface area (Å²) >= 11 is 12.2. The van der Waals surface area contributed by atoms with Crippen molar-refractivity contribution >= 4 is 50.7 Å². The average molecular weight is 593 g/mol. The first-order valence-electron chi connectivity index (χ1n) is 12.3. The number of benzene rings is 3. The number of nitrogens with one attached hydrogen (secondary N) is 1. The van der Waals surface area contributed by atoms with Gasteiger partial charge >= 0.3 is 0 Å². The second-order valence-electron chi connectivity index (χ2n) is 8.63. The van der Waals surface area contributed by atoms with E-state index in [-0.39, 0.29) is 23.0 Å². The Morgan fingerprint density at radius 1 is 0.949 bits per heavy atom. The van der Waals surface area contributed by atoms with Crippen molar-refractivity contribution in [1.82, 2.24) is 10.2 Å². The molecular weight excluding hydrogens is 561 g/mol. The van der Waals surface area contributed by atoms with Crippen molar-refractivity contribution in [3.63, 3.8) is 0 Å². The number of amides is 2. The highest BCUT2D eigenvalue weighted by Crippen LogP contribution is 2.28. The summed E-state index contributed by atoms with van der Waals surface area (Å²) in [5.74, 6) is -0.230. The molecule has 3 aromatic rings. The molecule has 0 aliphatic carbocycles. The maximum atomic E-state index is 13.9. The lowest BCUT2D eigenvalue weighted by atomic mass is 10.1. The summed E-state index contributed by atoms with van der Waals surface area (Å²) < 4.78 is 33.8. The second kappa shape index (κ2) is 13.7. The Kier molecular flexibility index (Phi) is 10.6. The zero-order valence-corrected chi connectivity index (χ0v) is 24.3. The highest BCUT2D eigenvalue weighted by Gasteiger charge is 2.33. The van der Waals surface area contributed by atoms with Crippen molar-refractivity contribution in [1.29, 1.82) is 0 Å². The number of hydrogen-bond donors (Lipinski definition) is 1. The van der Waals surface area contributed by atoms with Crippen molar-refractivity contribution in [2.45, 2.75) is 37.8 Å². The molecule has 3 rings (SSSR count). The summed E-state index contributed by atoms with van der Waals surface area (Å²) in [6, 6.07) is 18.2. The van der Waals surface area contributed by atoms with Crippen LogP contribution in [0.2, 0.25) is 10.0 Å². The van der Waals surface area contributed by atoms with Crippen LogP contribution >= 0.6 is 23.2 Å². The molecule has 0 heterocycles. The van der Waals surface area contributed by atoms with Crippen molar-refractivity contribution in [2.75, 3.05) is 24.5 Å². The van der Waals surface area contributed by atoms with Crippen LogP contribution in [0.1, 0.15) is 25.8 Å². The van der Waals surface area contributed by atoms with E-state index in [1.165, 1.54) is 35.2 Å². The third-order valence-corrected chi connectivity index (χ3v) is 8.30. The molecule has 0 saturated heterocycles. The highest BCUT2D eigenvalue weighted by molar-refractivity contribution is 7.92. The third-order valence-electron chi connectivity index (χ3n) is 6.03. The van der Waals surface area contributed by atoms with E-state index >= 15 is 0 Å². The molecule has 0 fully saturated rings. The molecule has 3 aromatic carbocycles. The molecule has 0 unspecified atom stereocenters. The molecule has 39 heavy (non-hydrogen) atoms. The Morgan fingerprint density at radius 2 is 1.62 bits per heavy atom. The average Bonchev–Trinajstić information content (AvgIpc) is 2.92. The lowest BCUT2D eigenvalue weighted by Crippen LogP contribution is -2.52. The molecular formula is C28H31Cl2N3O5S. The Hall–Kier alpha value is -3.27. The largest absolute Gasteiger partial charge is 0.497 e. The highest BCUT2D eigenvalue weighted by atomic mass is 35.5. The number of carbonyl (C=O) groups excluding carboxylic acids is 2. The van der Waals surface area contributed by atoms with Gasteiger partial charge in [-0.1, -0.05) is 48.3 Å². The summed E-state index contributed by atoms with van der Waals surface area (Å²) in [4.78, 5) is 28.3. The zero-order chi connectivity index (χ0) is 28.6. The summed E-state index contributed by atoms with van der Waals surface area (Å²) in [6.45, 7) is 3.51. The van der Waals surface area contributed by atoms with E-state index < -0.39 is 28.5 Å². The predicted molar refractivity (Wildman–Crippen MR) is 154 cm³/mol. The van der Waals surface area contributed by atoms with E-state index in [2.05, 4.69) is 5.32 Å². The molecule has 2 amide bonds. The lowest BCUT2D eigenvalue weighted by Gasteiger charge is -2.33. The van der Waals surface area contributed by atoms with Crippen LogP contribution in [0.15, 0.2) is 77.7 Å². The fraction of sp³-hybridized carbons (Fsp3) is 0.286. The van der Waals surface area contributed by atoms with Crippen LogP contribution < -0.4 is 14.4 Å². The van der Waals surface area contributed by atoms with Crippen molar-refractivity contribution in [3.8, 4) is 5.75 Å². The molecule has 0 aliphatic heterocycles. The van der Waals surface area contributed by atoms with Crippen molar-refractivity contribution in [3.05, 3.63) is 88.4 Å². The molecule has 0 aromatic heterocycles. The van der Waals surface area contributed by atoms with Gasteiger partial charge in [-0.05, 0) is 73.5 Å². The van der Waals surface area contributed by atoms with E-state index in [0.717, 1.165) is 9.87 Å². The number of sulfonamides is 1. The molecule has 208 valence electrons. The minimum absolute atomic E-state index is 0.0443. The number of ether oxygens (including phenoxy) is 1. The van der Waals surface area contributed by atoms with Crippen LogP contribution in [0, 0.1) is 0 Å². The van der Waals surface area contributed by atoms with Gasteiger partial charge in [-0.25, -0.2) is 8.42 Å². The van der Waals surface area contributed by atoms with Gasteiger partial charge in [0.15, 0.2) is 0 Å².